The lowest BCUT2D eigenvalue weighted by Gasteiger charge is -2.34. The van der Waals surface area contributed by atoms with Gasteiger partial charge in [0.1, 0.15) is 23.0 Å². The zero-order valence-corrected chi connectivity index (χ0v) is 13.5. The van der Waals surface area contributed by atoms with Crippen molar-refractivity contribution >= 4 is 0 Å². The molecule has 3 aromatic carbocycles. The van der Waals surface area contributed by atoms with Gasteiger partial charge in [0, 0.05) is 23.5 Å². The van der Waals surface area contributed by atoms with Crippen LogP contribution < -0.4 is 4.74 Å². The molecule has 4 rings (SSSR count). The number of benzene rings is 3. The van der Waals surface area contributed by atoms with E-state index < -0.39 is 0 Å². The molecule has 0 spiro atoms. The van der Waals surface area contributed by atoms with Gasteiger partial charge in [-0.3, -0.25) is 0 Å². The first-order chi connectivity index (χ1) is 12.1. The molecule has 3 aromatic rings. The minimum Gasteiger partial charge on any atom is -0.508 e. The molecule has 2 atom stereocenters. The van der Waals surface area contributed by atoms with E-state index in [1.54, 1.807) is 36.4 Å². The third-order valence-corrected chi connectivity index (χ3v) is 4.73. The number of aromatic hydroxyl groups is 3. The van der Waals surface area contributed by atoms with Gasteiger partial charge in [-0.15, -0.1) is 0 Å². The van der Waals surface area contributed by atoms with Gasteiger partial charge in [0.2, 0.25) is 0 Å². The molecule has 1 aliphatic heterocycles. The summed E-state index contributed by atoms with van der Waals surface area (Å²) in [4.78, 5) is 0. The topological polar surface area (TPSA) is 69.9 Å². The van der Waals surface area contributed by atoms with Crippen molar-refractivity contribution in [1.29, 1.82) is 0 Å². The maximum absolute atomic E-state index is 9.75. The Bertz CT molecular complexity index is 885. The summed E-state index contributed by atoms with van der Waals surface area (Å²) in [7, 11) is 0. The summed E-state index contributed by atoms with van der Waals surface area (Å²) >= 11 is 0. The molecule has 0 saturated carbocycles. The van der Waals surface area contributed by atoms with Crippen molar-refractivity contribution in [2.24, 2.45) is 0 Å². The van der Waals surface area contributed by atoms with E-state index in [2.05, 4.69) is 0 Å². The average Bonchev–Trinajstić information content (AvgIpc) is 2.62. The van der Waals surface area contributed by atoms with E-state index >= 15 is 0 Å². The predicted molar refractivity (Wildman–Crippen MR) is 94.4 cm³/mol. The Hall–Kier alpha value is -3.14. The molecule has 4 nitrogen and oxygen atoms in total. The van der Waals surface area contributed by atoms with Crippen LogP contribution in [-0.4, -0.2) is 21.9 Å². The van der Waals surface area contributed by atoms with Gasteiger partial charge in [0.05, 0.1) is 6.61 Å². The van der Waals surface area contributed by atoms with Crippen LogP contribution in [0.1, 0.15) is 28.5 Å². The number of phenolic OH excluding ortho intramolecular Hbond substituents is 3. The smallest absolute Gasteiger partial charge is 0.126 e. The van der Waals surface area contributed by atoms with Gasteiger partial charge in [0.15, 0.2) is 0 Å². The Balaban J connectivity index is 1.84. The van der Waals surface area contributed by atoms with E-state index in [1.165, 1.54) is 0 Å². The molecule has 3 N–H and O–H groups in total. The molecule has 0 fully saturated rings. The lowest BCUT2D eigenvalue weighted by Crippen LogP contribution is -2.25. The van der Waals surface area contributed by atoms with E-state index in [0.29, 0.717) is 12.4 Å². The fourth-order valence-corrected chi connectivity index (χ4v) is 3.50. The van der Waals surface area contributed by atoms with Crippen molar-refractivity contribution in [3.05, 3.63) is 83.4 Å². The molecule has 1 heterocycles. The number of ether oxygens (including phenoxy) is 1. The highest BCUT2D eigenvalue weighted by Gasteiger charge is 2.33. The molecule has 25 heavy (non-hydrogen) atoms. The summed E-state index contributed by atoms with van der Waals surface area (Å²) in [5, 5.41) is 28.9. The highest BCUT2D eigenvalue weighted by Crippen LogP contribution is 2.47. The van der Waals surface area contributed by atoms with Crippen LogP contribution in [0.25, 0.3) is 0 Å². The Morgan fingerprint density at radius 1 is 0.680 bits per heavy atom. The van der Waals surface area contributed by atoms with Gasteiger partial charge in [0.25, 0.3) is 0 Å². The molecule has 1 aliphatic rings. The molecule has 0 aromatic heterocycles. The van der Waals surface area contributed by atoms with Crippen LogP contribution >= 0.6 is 0 Å². The Morgan fingerprint density at radius 3 is 1.88 bits per heavy atom. The van der Waals surface area contributed by atoms with Crippen LogP contribution in [0.2, 0.25) is 0 Å². The molecular formula is C21H18O4. The fraction of sp³-hybridized carbons (Fsp3) is 0.143. The van der Waals surface area contributed by atoms with Gasteiger partial charge < -0.3 is 20.1 Å². The predicted octanol–water partition coefficient (Wildman–Crippen LogP) is 4.11. The minimum atomic E-state index is 0.0227. The summed E-state index contributed by atoms with van der Waals surface area (Å²) in [6.07, 6.45) is 0. The second-order valence-corrected chi connectivity index (χ2v) is 6.30. The SMILES string of the molecule is Oc1ccc([C@H]2c3ccc(O)cc3OC[C@H]2c2ccc(O)cc2)cc1. The standard InChI is InChI=1S/C21H18O4/c22-15-5-1-13(2-6-15)19-12-25-20-11-17(24)9-10-18(20)21(19)14-3-7-16(23)8-4-14/h1-11,19,21-24H,12H2/t19-,21-/m0/s1. The van der Waals surface area contributed by atoms with Gasteiger partial charge in [-0.05, 0) is 41.5 Å². The number of hydrogen-bond acceptors (Lipinski definition) is 4. The maximum atomic E-state index is 9.75. The second kappa shape index (κ2) is 6.06. The summed E-state index contributed by atoms with van der Waals surface area (Å²) in [6, 6.07) is 19.5. The molecular weight excluding hydrogens is 316 g/mol. The van der Waals surface area contributed by atoms with E-state index in [0.717, 1.165) is 16.7 Å². The van der Waals surface area contributed by atoms with Crippen molar-refractivity contribution < 1.29 is 20.1 Å². The Morgan fingerprint density at radius 2 is 1.24 bits per heavy atom. The van der Waals surface area contributed by atoms with Crippen LogP contribution in [0, 0.1) is 0 Å². The Kier molecular flexibility index (Phi) is 3.73. The Labute approximate surface area is 145 Å². The van der Waals surface area contributed by atoms with Crippen LogP contribution in [0.5, 0.6) is 23.0 Å². The fourth-order valence-electron chi connectivity index (χ4n) is 3.50. The normalized spacial score (nSPS) is 19.0. The maximum Gasteiger partial charge on any atom is 0.126 e. The van der Waals surface area contributed by atoms with Crippen molar-refractivity contribution in [3.63, 3.8) is 0 Å². The third-order valence-electron chi connectivity index (χ3n) is 4.73. The van der Waals surface area contributed by atoms with Crippen molar-refractivity contribution in [2.75, 3.05) is 6.61 Å². The summed E-state index contributed by atoms with van der Waals surface area (Å²) in [5.41, 5.74) is 3.12. The monoisotopic (exact) mass is 334 g/mol. The van der Waals surface area contributed by atoms with E-state index in [9.17, 15) is 15.3 Å². The van der Waals surface area contributed by atoms with E-state index in [-0.39, 0.29) is 29.1 Å². The molecule has 0 unspecified atom stereocenters. The third kappa shape index (κ3) is 2.87. The molecule has 4 heteroatoms. The highest BCUT2D eigenvalue weighted by atomic mass is 16.5. The summed E-state index contributed by atoms with van der Waals surface area (Å²) in [5.74, 6) is 1.38. The molecule has 0 radical (unpaired) electrons. The number of rotatable bonds is 2. The molecule has 0 saturated heterocycles. The molecule has 0 aliphatic carbocycles. The van der Waals surface area contributed by atoms with Crippen LogP contribution in [0.15, 0.2) is 66.7 Å². The first-order valence-corrected chi connectivity index (χ1v) is 8.15. The first-order valence-electron chi connectivity index (χ1n) is 8.15. The first kappa shape index (κ1) is 15.4. The second-order valence-electron chi connectivity index (χ2n) is 6.30. The van der Waals surface area contributed by atoms with Gasteiger partial charge in [-0.2, -0.15) is 0 Å². The zero-order chi connectivity index (χ0) is 17.4. The van der Waals surface area contributed by atoms with Gasteiger partial charge >= 0.3 is 0 Å². The summed E-state index contributed by atoms with van der Waals surface area (Å²) in [6.45, 7) is 0.465. The average molecular weight is 334 g/mol. The van der Waals surface area contributed by atoms with Gasteiger partial charge in [-0.1, -0.05) is 30.3 Å². The van der Waals surface area contributed by atoms with Crippen LogP contribution in [-0.2, 0) is 0 Å². The molecule has 0 amide bonds. The molecule has 0 bridgehead atoms. The van der Waals surface area contributed by atoms with Crippen molar-refractivity contribution in [3.8, 4) is 23.0 Å². The van der Waals surface area contributed by atoms with Crippen LogP contribution in [0.4, 0.5) is 0 Å². The zero-order valence-electron chi connectivity index (χ0n) is 13.5. The van der Waals surface area contributed by atoms with Gasteiger partial charge in [-0.25, -0.2) is 0 Å². The van der Waals surface area contributed by atoms with Crippen LogP contribution in [0.3, 0.4) is 0 Å². The quantitative estimate of drug-likeness (QED) is 0.659. The van der Waals surface area contributed by atoms with E-state index in [4.69, 9.17) is 4.74 Å². The lowest BCUT2D eigenvalue weighted by molar-refractivity contribution is 0.247. The number of fused-ring (bicyclic) bond motifs is 1. The lowest BCUT2D eigenvalue weighted by atomic mass is 9.76. The minimum absolute atomic E-state index is 0.0227. The van der Waals surface area contributed by atoms with E-state index in [1.807, 2.05) is 30.3 Å². The number of phenols is 3. The number of hydrogen-bond donors (Lipinski definition) is 3. The highest BCUT2D eigenvalue weighted by molar-refractivity contribution is 5.51. The summed E-state index contributed by atoms with van der Waals surface area (Å²) < 4.78 is 5.91. The largest absolute Gasteiger partial charge is 0.508 e. The molecule has 126 valence electrons. The van der Waals surface area contributed by atoms with Crippen molar-refractivity contribution in [2.45, 2.75) is 11.8 Å². The van der Waals surface area contributed by atoms with Crippen molar-refractivity contribution in [1.82, 2.24) is 0 Å².